The molecule has 3 aromatic rings. The van der Waals surface area contributed by atoms with Crippen LogP contribution in [0.15, 0.2) is 61.2 Å². The highest BCUT2D eigenvalue weighted by atomic mass is 35.5. The maximum atomic E-state index is 12.1. The summed E-state index contributed by atoms with van der Waals surface area (Å²) in [6, 6.07) is 14.8. The molecular formula is C19H15ClN4OS. The molecule has 1 amide bonds. The minimum Gasteiger partial charge on any atom is -0.325 e. The molecular weight excluding hydrogens is 368 g/mol. The van der Waals surface area contributed by atoms with Gasteiger partial charge in [-0.25, -0.2) is 4.98 Å². The van der Waals surface area contributed by atoms with Crippen molar-refractivity contribution in [2.75, 3.05) is 11.1 Å². The summed E-state index contributed by atoms with van der Waals surface area (Å²) < 4.78 is 1.81. The molecule has 0 aliphatic rings. The van der Waals surface area contributed by atoms with E-state index in [0.29, 0.717) is 27.8 Å². The molecule has 5 nitrogen and oxygen atoms in total. The second-order valence-corrected chi connectivity index (χ2v) is 6.88. The zero-order valence-corrected chi connectivity index (χ0v) is 15.3. The van der Waals surface area contributed by atoms with E-state index >= 15 is 0 Å². The monoisotopic (exact) mass is 382 g/mol. The third kappa shape index (κ3) is 4.66. The summed E-state index contributed by atoms with van der Waals surface area (Å²) in [7, 11) is 0. The molecule has 0 unspecified atom stereocenters. The van der Waals surface area contributed by atoms with E-state index < -0.39 is 0 Å². The molecule has 0 saturated carbocycles. The lowest BCUT2D eigenvalue weighted by Gasteiger charge is -2.09. The van der Waals surface area contributed by atoms with E-state index in [-0.39, 0.29) is 5.91 Å². The zero-order valence-electron chi connectivity index (χ0n) is 13.7. The maximum Gasteiger partial charge on any atom is 0.234 e. The number of anilines is 1. The summed E-state index contributed by atoms with van der Waals surface area (Å²) in [6.07, 6.45) is 5.15. The molecule has 1 N–H and O–H groups in total. The van der Waals surface area contributed by atoms with Crippen molar-refractivity contribution in [1.29, 1.82) is 5.26 Å². The van der Waals surface area contributed by atoms with Crippen molar-refractivity contribution >= 4 is 35.0 Å². The van der Waals surface area contributed by atoms with Crippen LogP contribution in [0.2, 0.25) is 5.02 Å². The molecule has 26 heavy (non-hydrogen) atoms. The molecule has 0 spiro atoms. The van der Waals surface area contributed by atoms with Gasteiger partial charge in [0.15, 0.2) is 0 Å². The number of aromatic nitrogens is 2. The fraction of sp³-hybridized carbons (Fsp3) is 0.105. The summed E-state index contributed by atoms with van der Waals surface area (Å²) in [5, 5.41) is 12.2. The number of hydrogen-bond acceptors (Lipinski definition) is 4. The zero-order chi connectivity index (χ0) is 18.4. The number of nitriles is 1. The molecule has 130 valence electrons. The first-order chi connectivity index (χ1) is 12.7. The van der Waals surface area contributed by atoms with E-state index in [9.17, 15) is 4.79 Å². The van der Waals surface area contributed by atoms with Crippen molar-refractivity contribution in [2.24, 2.45) is 0 Å². The SMILES string of the molecule is N#Cc1ccc(CSCC(=O)Nc2ccc(-n3ccnc3)c(Cl)c2)cc1. The van der Waals surface area contributed by atoms with Gasteiger partial charge in [0, 0.05) is 23.8 Å². The first-order valence-electron chi connectivity index (χ1n) is 7.80. The van der Waals surface area contributed by atoms with Crippen molar-refractivity contribution < 1.29 is 4.79 Å². The molecule has 1 aromatic heterocycles. The molecule has 0 atom stereocenters. The molecule has 0 bridgehead atoms. The Hall–Kier alpha value is -2.75. The first kappa shape index (κ1) is 18.1. The molecule has 2 aromatic carbocycles. The van der Waals surface area contributed by atoms with Crippen LogP contribution in [0, 0.1) is 11.3 Å². The molecule has 0 fully saturated rings. The fourth-order valence-electron chi connectivity index (χ4n) is 2.33. The van der Waals surface area contributed by atoms with Gasteiger partial charge in [0.25, 0.3) is 0 Å². The van der Waals surface area contributed by atoms with Gasteiger partial charge in [-0.05, 0) is 35.9 Å². The lowest BCUT2D eigenvalue weighted by molar-refractivity contribution is -0.113. The van der Waals surface area contributed by atoms with Gasteiger partial charge in [-0.1, -0.05) is 23.7 Å². The lowest BCUT2D eigenvalue weighted by Crippen LogP contribution is -2.14. The second kappa shape index (κ2) is 8.56. The third-order valence-corrected chi connectivity index (χ3v) is 4.91. The predicted molar refractivity (Wildman–Crippen MR) is 105 cm³/mol. The van der Waals surface area contributed by atoms with Crippen LogP contribution in [0.25, 0.3) is 5.69 Å². The Kier molecular flexibility index (Phi) is 5.95. The van der Waals surface area contributed by atoms with E-state index in [4.69, 9.17) is 16.9 Å². The quantitative estimate of drug-likeness (QED) is 0.691. The average Bonchev–Trinajstić information content (AvgIpc) is 3.17. The van der Waals surface area contributed by atoms with Crippen LogP contribution in [-0.4, -0.2) is 21.2 Å². The van der Waals surface area contributed by atoms with E-state index in [0.717, 1.165) is 11.3 Å². The van der Waals surface area contributed by atoms with Gasteiger partial charge in [0.2, 0.25) is 5.91 Å². The Balaban J connectivity index is 1.51. The van der Waals surface area contributed by atoms with Gasteiger partial charge in [-0.2, -0.15) is 5.26 Å². The normalized spacial score (nSPS) is 10.3. The fourth-order valence-corrected chi connectivity index (χ4v) is 3.40. The van der Waals surface area contributed by atoms with Gasteiger partial charge >= 0.3 is 0 Å². The number of benzene rings is 2. The first-order valence-corrected chi connectivity index (χ1v) is 9.33. The van der Waals surface area contributed by atoms with Crippen LogP contribution in [0.4, 0.5) is 5.69 Å². The summed E-state index contributed by atoms with van der Waals surface area (Å²) in [6.45, 7) is 0. The van der Waals surface area contributed by atoms with Gasteiger partial charge in [0.05, 0.1) is 34.4 Å². The summed E-state index contributed by atoms with van der Waals surface area (Å²) in [4.78, 5) is 16.1. The Morgan fingerprint density at radius 3 is 2.73 bits per heavy atom. The Bertz CT molecular complexity index is 933. The number of thioether (sulfide) groups is 1. The number of carbonyl (C=O) groups is 1. The number of nitrogens with zero attached hydrogens (tertiary/aromatic N) is 3. The number of amides is 1. The number of nitrogens with one attached hydrogen (secondary N) is 1. The lowest BCUT2D eigenvalue weighted by atomic mass is 10.2. The van der Waals surface area contributed by atoms with Crippen LogP contribution in [-0.2, 0) is 10.5 Å². The van der Waals surface area contributed by atoms with Crippen molar-refractivity contribution in [1.82, 2.24) is 9.55 Å². The maximum absolute atomic E-state index is 12.1. The van der Waals surface area contributed by atoms with E-state index in [1.54, 1.807) is 41.5 Å². The smallest absolute Gasteiger partial charge is 0.234 e. The topological polar surface area (TPSA) is 70.7 Å². The van der Waals surface area contributed by atoms with Gasteiger partial charge in [0.1, 0.15) is 0 Å². The van der Waals surface area contributed by atoms with Crippen LogP contribution < -0.4 is 5.32 Å². The number of hydrogen-bond donors (Lipinski definition) is 1. The van der Waals surface area contributed by atoms with Crippen molar-refractivity contribution in [2.45, 2.75) is 5.75 Å². The van der Waals surface area contributed by atoms with Crippen molar-refractivity contribution in [3.8, 4) is 11.8 Å². The molecule has 7 heteroatoms. The highest BCUT2D eigenvalue weighted by Crippen LogP contribution is 2.24. The second-order valence-electron chi connectivity index (χ2n) is 5.49. The standard InChI is InChI=1S/C19H15ClN4OS/c20-17-9-16(5-6-18(17)24-8-7-22-13-24)23-19(25)12-26-11-15-3-1-14(10-21)2-4-15/h1-9,13H,11-12H2,(H,23,25). The molecule has 0 aliphatic carbocycles. The van der Waals surface area contributed by atoms with Gasteiger partial charge in [-0.15, -0.1) is 11.8 Å². The Morgan fingerprint density at radius 2 is 2.08 bits per heavy atom. The van der Waals surface area contributed by atoms with Crippen LogP contribution in [0.5, 0.6) is 0 Å². The number of halogens is 1. The minimum atomic E-state index is -0.0879. The van der Waals surface area contributed by atoms with Crippen molar-refractivity contribution in [3.63, 3.8) is 0 Å². The summed E-state index contributed by atoms with van der Waals surface area (Å²) in [5.74, 6) is 0.954. The number of carbonyl (C=O) groups excluding carboxylic acids is 1. The van der Waals surface area contributed by atoms with Crippen LogP contribution >= 0.6 is 23.4 Å². The van der Waals surface area contributed by atoms with Gasteiger partial charge < -0.3 is 9.88 Å². The van der Waals surface area contributed by atoms with E-state index in [1.807, 2.05) is 24.3 Å². The highest BCUT2D eigenvalue weighted by molar-refractivity contribution is 7.99. The Morgan fingerprint density at radius 1 is 1.27 bits per heavy atom. The Labute approximate surface area is 160 Å². The molecule has 0 radical (unpaired) electrons. The summed E-state index contributed by atoms with van der Waals surface area (Å²) >= 11 is 7.80. The van der Waals surface area contributed by atoms with Gasteiger partial charge in [-0.3, -0.25) is 4.79 Å². The molecule has 0 aliphatic heterocycles. The third-order valence-electron chi connectivity index (χ3n) is 3.60. The van der Waals surface area contributed by atoms with Crippen LogP contribution in [0.1, 0.15) is 11.1 Å². The minimum absolute atomic E-state index is 0.0879. The average molecular weight is 383 g/mol. The molecule has 0 saturated heterocycles. The van der Waals surface area contributed by atoms with Crippen LogP contribution in [0.3, 0.4) is 0 Å². The molecule has 1 heterocycles. The number of imidazole rings is 1. The summed E-state index contributed by atoms with van der Waals surface area (Å²) in [5.41, 5.74) is 3.17. The largest absolute Gasteiger partial charge is 0.325 e. The highest BCUT2D eigenvalue weighted by Gasteiger charge is 2.07. The molecule has 3 rings (SSSR count). The number of rotatable bonds is 6. The van der Waals surface area contributed by atoms with Crippen molar-refractivity contribution in [3.05, 3.63) is 77.3 Å². The van der Waals surface area contributed by atoms with E-state index in [2.05, 4.69) is 16.4 Å². The van der Waals surface area contributed by atoms with E-state index in [1.165, 1.54) is 11.8 Å². The predicted octanol–water partition coefficient (Wildman–Crippen LogP) is 4.27.